The Labute approximate surface area is 211 Å². The first-order valence-electron chi connectivity index (χ1n) is 11.0. The van der Waals surface area contributed by atoms with E-state index in [-0.39, 0.29) is 0 Å². The summed E-state index contributed by atoms with van der Waals surface area (Å²) in [7, 11) is -3.85. The minimum Gasteiger partial charge on any atom is -0.394 e. The average Bonchev–Trinajstić information content (AvgIpc) is 3.33. The van der Waals surface area contributed by atoms with E-state index in [1.165, 1.54) is 7.11 Å². The van der Waals surface area contributed by atoms with Crippen LogP contribution in [0.5, 0.6) is 0 Å². The molecule has 2 aliphatic rings. The summed E-state index contributed by atoms with van der Waals surface area (Å²) in [6.07, 6.45) is -9.32. The number of aromatic nitrogens is 4. The zero-order chi connectivity index (χ0) is 27.8. The van der Waals surface area contributed by atoms with Crippen molar-refractivity contribution < 1.29 is 48.0 Å². The molecule has 2 aliphatic heterocycles. The molecule has 4 rings (SSSR count). The van der Waals surface area contributed by atoms with E-state index >= 15 is 0 Å². The maximum atomic E-state index is 12.8. The second-order valence-electron chi connectivity index (χ2n) is 8.36. The quantitative estimate of drug-likeness (QED) is 0.159. The van der Waals surface area contributed by atoms with Gasteiger partial charge >= 0.3 is 19.2 Å². The Bertz CT molecular complexity index is 1420. The SMILES string of the molecule is CO[C@@H]1[C@H](O)[C@@H](COP(=O)(O)O[C@@H]2[C@H](O)[C@@H](CO)O[C@H]2n2ccc(=O)[nH]c2=O)O[C@H]1n1ccc(=O)[nH]c1=O. The monoisotopic (exact) mass is 564 g/mol. The molecule has 0 radical (unpaired) electrons. The van der Waals surface area contributed by atoms with Gasteiger partial charge < -0.3 is 34.4 Å². The van der Waals surface area contributed by atoms with Gasteiger partial charge in [-0.3, -0.25) is 37.7 Å². The van der Waals surface area contributed by atoms with Gasteiger partial charge in [0.25, 0.3) is 11.1 Å². The second kappa shape index (κ2) is 11.1. The van der Waals surface area contributed by atoms with Crippen molar-refractivity contribution in [1.29, 1.82) is 0 Å². The molecule has 0 aliphatic carbocycles. The molecule has 0 aromatic carbocycles. The minimum atomic E-state index is -5.07. The molecule has 0 bridgehead atoms. The molecular weight excluding hydrogens is 539 g/mol. The Morgan fingerprint density at radius 3 is 1.92 bits per heavy atom. The van der Waals surface area contributed by atoms with Gasteiger partial charge in [0.2, 0.25) is 0 Å². The minimum absolute atomic E-state index is 0.666. The number of ether oxygens (including phenoxy) is 3. The van der Waals surface area contributed by atoms with Gasteiger partial charge in [-0.2, -0.15) is 0 Å². The number of nitrogens with one attached hydrogen (secondary N) is 2. The number of hydrogen-bond acceptors (Lipinski definition) is 13. The Morgan fingerprint density at radius 2 is 1.42 bits per heavy atom. The van der Waals surface area contributed by atoms with Crippen LogP contribution in [0.1, 0.15) is 12.5 Å². The molecule has 18 nitrogen and oxygen atoms in total. The zero-order valence-electron chi connectivity index (χ0n) is 19.6. The van der Waals surface area contributed by atoms with Crippen LogP contribution in [0.25, 0.3) is 0 Å². The summed E-state index contributed by atoms with van der Waals surface area (Å²) in [5.41, 5.74) is -3.23. The van der Waals surface area contributed by atoms with Crippen LogP contribution >= 0.6 is 7.82 Å². The van der Waals surface area contributed by atoms with E-state index in [0.29, 0.717) is 0 Å². The molecule has 19 heteroatoms. The molecular formula is C19H25N4O14P. The number of rotatable bonds is 9. The third kappa shape index (κ3) is 5.64. The third-order valence-electron chi connectivity index (χ3n) is 5.99. The summed E-state index contributed by atoms with van der Waals surface area (Å²) in [6, 6.07) is 2.01. The Hall–Kier alpha value is -2.77. The van der Waals surface area contributed by atoms with Crippen molar-refractivity contribution in [2.24, 2.45) is 0 Å². The smallest absolute Gasteiger partial charge is 0.394 e. The largest absolute Gasteiger partial charge is 0.472 e. The number of aliphatic hydroxyl groups excluding tert-OH is 3. The lowest BCUT2D eigenvalue weighted by Gasteiger charge is -2.25. The lowest BCUT2D eigenvalue weighted by Crippen LogP contribution is -2.39. The molecule has 38 heavy (non-hydrogen) atoms. The van der Waals surface area contributed by atoms with Crippen molar-refractivity contribution in [1.82, 2.24) is 19.1 Å². The van der Waals surface area contributed by atoms with Gasteiger partial charge in [-0.05, 0) is 0 Å². The van der Waals surface area contributed by atoms with Crippen LogP contribution in [-0.4, -0.2) is 96.3 Å². The van der Waals surface area contributed by atoms with Crippen LogP contribution in [-0.2, 0) is 27.8 Å². The number of phosphoric ester groups is 1. The predicted octanol–water partition coefficient (Wildman–Crippen LogP) is -3.89. The highest BCUT2D eigenvalue weighted by Gasteiger charge is 2.50. The van der Waals surface area contributed by atoms with E-state index in [1.54, 1.807) is 0 Å². The van der Waals surface area contributed by atoms with Crippen LogP contribution in [0, 0.1) is 0 Å². The molecule has 2 aromatic heterocycles. The van der Waals surface area contributed by atoms with Gasteiger partial charge in [-0.15, -0.1) is 0 Å². The van der Waals surface area contributed by atoms with E-state index in [2.05, 4.69) is 0 Å². The van der Waals surface area contributed by atoms with Gasteiger partial charge in [0, 0.05) is 31.6 Å². The number of methoxy groups -OCH3 is 1. The highest BCUT2D eigenvalue weighted by atomic mass is 31.2. The third-order valence-corrected chi connectivity index (χ3v) is 6.97. The molecule has 0 amide bonds. The fraction of sp³-hybridized carbons (Fsp3) is 0.579. The van der Waals surface area contributed by atoms with E-state index in [9.17, 15) is 44.0 Å². The van der Waals surface area contributed by atoms with E-state index in [4.69, 9.17) is 23.3 Å². The van der Waals surface area contributed by atoms with Gasteiger partial charge in [0.1, 0.15) is 36.6 Å². The molecule has 6 N–H and O–H groups in total. The number of hydrogen-bond donors (Lipinski definition) is 6. The van der Waals surface area contributed by atoms with Crippen LogP contribution in [0.2, 0.25) is 0 Å². The van der Waals surface area contributed by atoms with E-state index < -0.39 is 92.6 Å². The summed E-state index contributed by atoms with van der Waals surface area (Å²) in [6.45, 7) is -1.50. The molecule has 0 saturated carbocycles. The molecule has 0 spiro atoms. The molecule has 1 unspecified atom stereocenters. The number of nitrogens with zero attached hydrogens (tertiary/aromatic N) is 2. The van der Waals surface area contributed by atoms with Gasteiger partial charge in [-0.1, -0.05) is 0 Å². The van der Waals surface area contributed by atoms with Crippen LogP contribution in [0.3, 0.4) is 0 Å². The molecule has 4 heterocycles. The molecule has 210 valence electrons. The first kappa shape index (κ1) is 28.2. The summed E-state index contributed by atoms with van der Waals surface area (Å²) < 4.78 is 40.7. The summed E-state index contributed by atoms with van der Waals surface area (Å²) >= 11 is 0. The lowest BCUT2D eigenvalue weighted by molar-refractivity contribution is -0.0683. The summed E-state index contributed by atoms with van der Waals surface area (Å²) in [4.78, 5) is 61.4. The first-order chi connectivity index (χ1) is 18.0. The second-order valence-corrected chi connectivity index (χ2v) is 9.77. The number of aromatic amines is 2. The highest BCUT2D eigenvalue weighted by molar-refractivity contribution is 7.47. The van der Waals surface area contributed by atoms with Crippen molar-refractivity contribution in [3.05, 3.63) is 66.2 Å². The molecule has 2 aromatic rings. The standard InChI is InChI=1S/C19H25N4O14P/c1-33-14-13(28)9(36-16(14)22-4-2-10(25)20-18(22)29)7-34-38(31,32)37-15-12(27)8(6-24)35-17(15)23-5-3-11(26)21-19(23)30/h2-5,8-9,12-17,24,27-28H,6-7H2,1H3,(H,31,32)(H,20,25,29)(H,21,26,30)/t8-,9-,12-,13-,14-,15-,16-,17-/m1/s1. The van der Waals surface area contributed by atoms with E-state index in [1.807, 2.05) is 9.97 Å². The van der Waals surface area contributed by atoms with Crippen molar-refractivity contribution in [2.45, 2.75) is 49.1 Å². The molecule has 2 saturated heterocycles. The maximum absolute atomic E-state index is 12.8. The zero-order valence-corrected chi connectivity index (χ0v) is 20.4. The van der Waals surface area contributed by atoms with Crippen LogP contribution in [0.4, 0.5) is 0 Å². The number of phosphoric acid groups is 1. The van der Waals surface area contributed by atoms with E-state index in [0.717, 1.165) is 33.7 Å². The van der Waals surface area contributed by atoms with Crippen LogP contribution in [0.15, 0.2) is 43.7 Å². The Balaban J connectivity index is 1.49. The van der Waals surface area contributed by atoms with Crippen LogP contribution < -0.4 is 22.5 Å². The van der Waals surface area contributed by atoms with Gasteiger partial charge in [0.15, 0.2) is 12.5 Å². The normalized spacial score (nSPS) is 32.9. The number of aliphatic hydroxyl groups is 3. The van der Waals surface area contributed by atoms with Crippen molar-refractivity contribution in [3.8, 4) is 0 Å². The van der Waals surface area contributed by atoms with Crippen molar-refractivity contribution >= 4 is 7.82 Å². The average molecular weight is 564 g/mol. The number of H-pyrrole nitrogens is 2. The summed E-state index contributed by atoms with van der Waals surface area (Å²) in [5, 5.41) is 30.5. The molecule has 9 atom stereocenters. The fourth-order valence-electron chi connectivity index (χ4n) is 4.15. The Morgan fingerprint density at radius 1 is 0.921 bits per heavy atom. The predicted molar refractivity (Wildman–Crippen MR) is 121 cm³/mol. The first-order valence-corrected chi connectivity index (χ1v) is 12.5. The fourth-order valence-corrected chi connectivity index (χ4v) is 5.08. The molecule has 2 fully saturated rings. The highest BCUT2D eigenvalue weighted by Crippen LogP contribution is 2.49. The van der Waals surface area contributed by atoms with Gasteiger partial charge in [-0.25, -0.2) is 14.2 Å². The lowest BCUT2D eigenvalue weighted by atomic mass is 10.1. The topological polar surface area (TPSA) is 254 Å². The van der Waals surface area contributed by atoms with Crippen molar-refractivity contribution in [2.75, 3.05) is 20.3 Å². The maximum Gasteiger partial charge on any atom is 0.472 e. The summed E-state index contributed by atoms with van der Waals surface area (Å²) in [5.74, 6) is 0. The van der Waals surface area contributed by atoms with Crippen molar-refractivity contribution in [3.63, 3.8) is 0 Å². The van der Waals surface area contributed by atoms with Gasteiger partial charge in [0.05, 0.1) is 13.2 Å². The Kier molecular flexibility index (Phi) is 8.29.